The number of hydrogen-bond donors (Lipinski definition) is 0. The highest BCUT2D eigenvalue weighted by Gasteiger charge is 2.32. The first kappa shape index (κ1) is 22.2. The number of benzene rings is 1. The molecule has 0 heterocycles. The van der Waals surface area contributed by atoms with Crippen LogP contribution >= 0.6 is 0 Å². The molecule has 1 rings (SSSR count). The van der Waals surface area contributed by atoms with Gasteiger partial charge in [-0.3, -0.25) is 0 Å². The van der Waals surface area contributed by atoms with Crippen molar-refractivity contribution in [2.24, 2.45) is 0 Å². The Morgan fingerprint density at radius 3 is 1.54 bits per heavy atom. The predicted molar refractivity (Wildman–Crippen MR) is 105 cm³/mol. The maximum atomic E-state index is 12.8. The first-order valence-corrected chi connectivity index (χ1v) is 9.64. The van der Waals surface area contributed by atoms with Gasteiger partial charge in [-0.25, -0.2) is 9.59 Å². The lowest BCUT2D eigenvalue weighted by Gasteiger charge is -2.28. The molecule has 146 valence electrons. The van der Waals surface area contributed by atoms with Crippen LogP contribution in [0.4, 0.5) is 0 Å². The van der Waals surface area contributed by atoms with Gasteiger partial charge < -0.3 is 9.47 Å². The minimum atomic E-state index is -0.462. The molecule has 0 amide bonds. The topological polar surface area (TPSA) is 52.6 Å². The highest BCUT2D eigenvalue weighted by atomic mass is 16.5. The third-order valence-corrected chi connectivity index (χ3v) is 4.73. The van der Waals surface area contributed by atoms with E-state index in [0.717, 1.165) is 36.8 Å². The van der Waals surface area contributed by atoms with Crippen molar-refractivity contribution in [2.75, 3.05) is 14.2 Å². The molecule has 0 atom stereocenters. The number of ether oxygens (including phenoxy) is 2. The van der Waals surface area contributed by atoms with Crippen molar-refractivity contribution < 1.29 is 19.1 Å². The number of methoxy groups -OCH3 is 2. The summed E-state index contributed by atoms with van der Waals surface area (Å²) in [6.45, 7) is 12.6. The molecule has 4 nitrogen and oxygen atoms in total. The predicted octanol–water partition coefficient (Wildman–Crippen LogP) is 5.41. The summed E-state index contributed by atoms with van der Waals surface area (Å²) in [7, 11) is 2.73. The molecular weight excluding hydrogens is 328 g/mol. The minimum Gasteiger partial charge on any atom is -0.465 e. The van der Waals surface area contributed by atoms with Gasteiger partial charge in [-0.2, -0.15) is 0 Å². The van der Waals surface area contributed by atoms with Gasteiger partial charge in [0.1, 0.15) is 0 Å². The van der Waals surface area contributed by atoms with Crippen LogP contribution in [0.5, 0.6) is 0 Å². The van der Waals surface area contributed by atoms with Gasteiger partial charge in [0.2, 0.25) is 0 Å². The lowest BCUT2D eigenvalue weighted by Crippen LogP contribution is -2.23. The summed E-state index contributed by atoms with van der Waals surface area (Å²) in [5, 5.41) is 0. The van der Waals surface area contributed by atoms with Crippen LogP contribution in [0.15, 0.2) is 0 Å². The van der Waals surface area contributed by atoms with Gasteiger partial charge in [-0.1, -0.05) is 54.4 Å². The molecule has 0 aliphatic rings. The third kappa shape index (κ3) is 4.28. The fourth-order valence-corrected chi connectivity index (χ4v) is 3.86. The summed E-state index contributed by atoms with van der Waals surface area (Å²) in [5.41, 5.74) is 5.07. The van der Waals surface area contributed by atoms with Crippen molar-refractivity contribution >= 4 is 11.9 Å². The first-order valence-electron chi connectivity index (χ1n) is 9.64. The number of esters is 2. The molecule has 1 aromatic carbocycles. The molecule has 0 radical (unpaired) electrons. The fraction of sp³-hybridized carbons (Fsp3) is 0.636. The number of carbonyl (C=O) groups excluding carboxylic acids is 2. The molecule has 1 aromatic rings. The summed E-state index contributed by atoms with van der Waals surface area (Å²) < 4.78 is 10.2. The third-order valence-electron chi connectivity index (χ3n) is 4.73. The Morgan fingerprint density at radius 2 is 1.15 bits per heavy atom. The van der Waals surface area contributed by atoms with Crippen LogP contribution in [0.25, 0.3) is 0 Å². The second kappa shape index (κ2) is 9.75. The molecule has 0 bridgehead atoms. The smallest absolute Gasteiger partial charge is 0.339 e. The maximum Gasteiger partial charge on any atom is 0.339 e. The van der Waals surface area contributed by atoms with Crippen LogP contribution in [0.1, 0.15) is 109 Å². The Bertz CT molecular complexity index is 657. The molecule has 26 heavy (non-hydrogen) atoms. The maximum absolute atomic E-state index is 12.8. The molecule has 0 N–H and O–H groups in total. The Morgan fingerprint density at radius 1 is 0.731 bits per heavy atom. The molecule has 0 saturated heterocycles. The van der Waals surface area contributed by atoms with Crippen molar-refractivity contribution in [1.29, 1.82) is 0 Å². The average Bonchev–Trinajstić information content (AvgIpc) is 2.60. The summed E-state index contributed by atoms with van der Waals surface area (Å²) in [6, 6.07) is 0. The molecular formula is C22H34O4. The van der Waals surface area contributed by atoms with E-state index in [-0.39, 0.29) is 11.8 Å². The van der Waals surface area contributed by atoms with Crippen LogP contribution in [0, 0.1) is 0 Å². The van der Waals surface area contributed by atoms with E-state index in [2.05, 4.69) is 41.5 Å². The van der Waals surface area contributed by atoms with Crippen LogP contribution in [-0.2, 0) is 22.3 Å². The number of hydrogen-bond acceptors (Lipinski definition) is 4. The van der Waals surface area contributed by atoms with Gasteiger partial charge in [-0.05, 0) is 46.9 Å². The number of carbonyl (C=O) groups is 2. The standard InChI is InChI=1S/C22H34O4/c1-9-11-15-16(12-10-2)19(21(23)25-7)20(22(24)26-8)18(14(5)6)17(15)13(3)4/h13-14H,9-12H2,1-8H3. The Labute approximate surface area is 158 Å². The highest BCUT2D eigenvalue weighted by molar-refractivity contribution is 6.06. The van der Waals surface area contributed by atoms with E-state index >= 15 is 0 Å². The first-order chi connectivity index (χ1) is 12.3. The molecule has 0 aliphatic heterocycles. The van der Waals surface area contributed by atoms with Crippen molar-refractivity contribution in [3.05, 3.63) is 33.4 Å². The lowest BCUT2D eigenvalue weighted by molar-refractivity contribution is 0.0552. The highest BCUT2D eigenvalue weighted by Crippen LogP contribution is 2.39. The second-order valence-electron chi connectivity index (χ2n) is 7.33. The summed E-state index contributed by atoms with van der Waals surface area (Å²) in [5.74, 6) is -0.573. The monoisotopic (exact) mass is 362 g/mol. The van der Waals surface area contributed by atoms with E-state index in [1.807, 2.05) is 0 Å². The van der Waals surface area contributed by atoms with Gasteiger partial charge in [0.25, 0.3) is 0 Å². The molecule has 0 aliphatic carbocycles. The van der Waals surface area contributed by atoms with Crippen LogP contribution in [0.2, 0.25) is 0 Å². The van der Waals surface area contributed by atoms with E-state index in [1.165, 1.54) is 25.3 Å². The van der Waals surface area contributed by atoms with Gasteiger partial charge in [0.05, 0.1) is 25.3 Å². The van der Waals surface area contributed by atoms with Crippen LogP contribution in [-0.4, -0.2) is 26.2 Å². The number of rotatable bonds is 8. The van der Waals surface area contributed by atoms with Crippen molar-refractivity contribution in [3.63, 3.8) is 0 Å². The second-order valence-corrected chi connectivity index (χ2v) is 7.33. The van der Waals surface area contributed by atoms with E-state index in [4.69, 9.17) is 9.47 Å². The largest absolute Gasteiger partial charge is 0.465 e. The Balaban J connectivity index is 4.19. The zero-order chi connectivity index (χ0) is 20.0. The Hall–Kier alpha value is -1.84. The van der Waals surface area contributed by atoms with Gasteiger partial charge >= 0.3 is 11.9 Å². The lowest BCUT2D eigenvalue weighted by atomic mass is 9.76. The van der Waals surface area contributed by atoms with Crippen molar-refractivity contribution in [1.82, 2.24) is 0 Å². The molecule has 4 heteroatoms. The zero-order valence-electron chi connectivity index (χ0n) is 17.6. The molecule has 0 unspecified atom stereocenters. The summed E-state index contributed by atoms with van der Waals surface area (Å²) in [4.78, 5) is 25.5. The fourth-order valence-electron chi connectivity index (χ4n) is 3.86. The molecule has 0 aromatic heterocycles. The van der Waals surface area contributed by atoms with Gasteiger partial charge in [-0.15, -0.1) is 0 Å². The summed E-state index contributed by atoms with van der Waals surface area (Å²) in [6.07, 6.45) is 3.49. The SMILES string of the molecule is CCCc1c(CCC)c(C(C)C)c(C(C)C)c(C(=O)OC)c1C(=O)OC. The van der Waals surface area contributed by atoms with E-state index in [0.29, 0.717) is 11.1 Å². The van der Waals surface area contributed by atoms with E-state index < -0.39 is 11.9 Å². The Kier molecular flexibility index (Phi) is 8.32. The van der Waals surface area contributed by atoms with E-state index in [1.54, 1.807) is 0 Å². The van der Waals surface area contributed by atoms with Crippen molar-refractivity contribution in [3.8, 4) is 0 Å². The van der Waals surface area contributed by atoms with Crippen molar-refractivity contribution in [2.45, 2.75) is 79.1 Å². The van der Waals surface area contributed by atoms with Gasteiger partial charge in [0.15, 0.2) is 0 Å². The van der Waals surface area contributed by atoms with Crippen LogP contribution < -0.4 is 0 Å². The summed E-state index contributed by atoms with van der Waals surface area (Å²) >= 11 is 0. The quantitative estimate of drug-likeness (QED) is 0.580. The average molecular weight is 363 g/mol. The minimum absolute atomic E-state index is 0.0937. The zero-order valence-corrected chi connectivity index (χ0v) is 17.6. The van der Waals surface area contributed by atoms with Crippen LogP contribution in [0.3, 0.4) is 0 Å². The van der Waals surface area contributed by atoms with Gasteiger partial charge in [0, 0.05) is 0 Å². The molecule has 0 spiro atoms. The molecule has 0 fully saturated rings. The normalized spacial score (nSPS) is 11.2. The van der Waals surface area contributed by atoms with E-state index in [9.17, 15) is 9.59 Å². The molecule has 0 saturated carbocycles.